The molecular weight excluding hydrogens is 296 g/mol. The number of hydrogen-bond acceptors (Lipinski definition) is 8. The van der Waals surface area contributed by atoms with Crippen molar-refractivity contribution in [1.29, 1.82) is 0 Å². The molecule has 0 bridgehead atoms. The summed E-state index contributed by atoms with van der Waals surface area (Å²) in [6.07, 6.45) is 1.75. The van der Waals surface area contributed by atoms with E-state index >= 15 is 0 Å². The molecule has 0 rings (SSSR count). The summed E-state index contributed by atoms with van der Waals surface area (Å²) in [6.45, 7) is 5.94. The van der Waals surface area contributed by atoms with Gasteiger partial charge in [0.2, 0.25) is 0 Å². The average Bonchev–Trinajstić information content (AvgIpc) is 2.51. The van der Waals surface area contributed by atoms with Gasteiger partial charge in [0.1, 0.15) is 26.4 Å². The van der Waals surface area contributed by atoms with E-state index in [4.69, 9.17) is 9.47 Å². The van der Waals surface area contributed by atoms with E-state index in [2.05, 4.69) is 22.6 Å². The van der Waals surface area contributed by atoms with E-state index in [1.165, 1.54) is 0 Å². The number of carbonyl (C=O) groups is 4. The molecule has 0 aliphatic carbocycles. The monoisotopic (exact) mass is 314 g/mol. The highest BCUT2D eigenvalue weighted by atomic mass is 16.6. The first-order valence-corrected chi connectivity index (χ1v) is 6.39. The van der Waals surface area contributed by atoms with Crippen LogP contribution in [0.1, 0.15) is 12.8 Å². The van der Waals surface area contributed by atoms with Crippen LogP contribution in [0.4, 0.5) is 0 Å². The van der Waals surface area contributed by atoms with E-state index in [0.29, 0.717) is 0 Å². The summed E-state index contributed by atoms with van der Waals surface area (Å²) in [5.74, 6) is -2.43. The van der Waals surface area contributed by atoms with Crippen LogP contribution >= 0.6 is 0 Å². The Labute approximate surface area is 127 Å². The van der Waals surface area contributed by atoms with Gasteiger partial charge < -0.3 is 18.9 Å². The van der Waals surface area contributed by atoms with Gasteiger partial charge in [0.05, 0.1) is 12.8 Å². The third-order valence-electron chi connectivity index (χ3n) is 2.04. The van der Waals surface area contributed by atoms with Gasteiger partial charge in [0.25, 0.3) is 0 Å². The van der Waals surface area contributed by atoms with Crippen LogP contribution in [-0.2, 0) is 38.1 Å². The van der Waals surface area contributed by atoms with Crippen molar-refractivity contribution in [3.05, 3.63) is 25.3 Å². The Morgan fingerprint density at radius 2 is 1.00 bits per heavy atom. The molecule has 0 fully saturated rings. The predicted molar refractivity (Wildman–Crippen MR) is 73.5 cm³/mol. The second kappa shape index (κ2) is 12.1. The van der Waals surface area contributed by atoms with E-state index in [1.54, 1.807) is 0 Å². The second-order valence-corrected chi connectivity index (χ2v) is 3.68. The summed E-state index contributed by atoms with van der Waals surface area (Å²) in [6, 6.07) is 0. The van der Waals surface area contributed by atoms with Crippen molar-refractivity contribution >= 4 is 23.9 Å². The van der Waals surface area contributed by atoms with Crippen molar-refractivity contribution in [2.24, 2.45) is 0 Å². The molecule has 0 spiro atoms. The largest absolute Gasteiger partial charge is 0.462 e. The summed E-state index contributed by atoms with van der Waals surface area (Å²) >= 11 is 0. The lowest BCUT2D eigenvalue weighted by molar-refractivity contribution is -0.155. The van der Waals surface area contributed by atoms with Gasteiger partial charge in [-0.25, -0.2) is 9.59 Å². The molecule has 0 N–H and O–H groups in total. The van der Waals surface area contributed by atoms with Crippen molar-refractivity contribution in [3.63, 3.8) is 0 Å². The van der Waals surface area contributed by atoms with Crippen LogP contribution in [0.5, 0.6) is 0 Å². The number of hydrogen-bond donors (Lipinski definition) is 0. The lowest BCUT2D eigenvalue weighted by atomic mass is 10.4. The van der Waals surface area contributed by atoms with E-state index < -0.39 is 23.9 Å². The lowest BCUT2D eigenvalue weighted by Crippen LogP contribution is -2.16. The number of esters is 4. The summed E-state index contributed by atoms with van der Waals surface area (Å²) in [4.78, 5) is 43.8. The molecule has 0 aromatic rings. The molecule has 0 aliphatic rings. The molecule has 0 saturated heterocycles. The van der Waals surface area contributed by atoms with Crippen LogP contribution in [-0.4, -0.2) is 50.3 Å². The average molecular weight is 314 g/mol. The fourth-order valence-electron chi connectivity index (χ4n) is 1.04. The molecule has 0 saturated carbocycles. The van der Waals surface area contributed by atoms with Crippen LogP contribution in [0.3, 0.4) is 0 Å². The van der Waals surface area contributed by atoms with E-state index in [9.17, 15) is 19.2 Å². The van der Waals surface area contributed by atoms with Crippen molar-refractivity contribution in [3.8, 4) is 0 Å². The predicted octanol–water partition coefficient (Wildman–Crippen LogP) is 0.311. The van der Waals surface area contributed by atoms with Gasteiger partial charge in [0.15, 0.2) is 0 Å². The van der Waals surface area contributed by atoms with Gasteiger partial charge in [-0.3, -0.25) is 9.59 Å². The first kappa shape index (κ1) is 19.4. The molecule has 0 heterocycles. The van der Waals surface area contributed by atoms with Crippen molar-refractivity contribution in [2.75, 3.05) is 26.4 Å². The minimum Gasteiger partial charge on any atom is -0.462 e. The third-order valence-corrected chi connectivity index (χ3v) is 2.04. The van der Waals surface area contributed by atoms with Crippen LogP contribution in [0, 0.1) is 0 Å². The van der Waals surface area contributed by atoms with E-state index in [0.717, 1.165) is 12.2 Å². The fraction of sp³-hybridized carbons (Fsp3) is 0.429. The first-order valence-electron chi connectivity index (χ1n) is 6.39. The Morgan fingerprint density at radius 1 is 0.636 bits per heavy atom. The molecule has 0 aromatic carbocycles. The fourth-order valence-corrected chi connectivity index (χ4v) is 1.04. The van der Waals surface area contributed by atoms with Crippen LogP contribution in [0.15, 0.2) is 25.3 Å². The topological polar surface area (TPSA) is 105 Å². The highest BCUT2D eigenvalue weighted by Gasteiger charge is 2.07. The number of carbonyl (C=O) groups excluding carboxylic acids is 4. The zero-order chi connectivity index (χ0) is 16.8. The zero-order valence-electron chi connectivity index (χ0n) is 12.1. The standard InChI is InChI=1S/C14H18O8/c1-3-11(15)19-7-5-13(17)21-9-10-22-14(18)6-8-20-12(16)4-2/h3-4H,1-2,5-10H2. The van der Waals surface area contributed by atoms with E-state index in [1.807, 2.05) is 0 Å². The smallest absolute Gasteiger partial charge is 0.330 e. The maximum atomic E-state index is 11.2. The molecule has 122 valence electrons. The molecule has 0 aliphatic heterocycles. The highest BCUT2D eigenvalue weighted by Crippen LogP contribution is 1.92. The molecule has 22 heavy (non-hydrogen) atoms. The molecule has 8 heteroatoms. The number of rotatable bonds is 11. The summed E-state index contributed by atoms with van der Waals surface area (Å²) in [5.41, 5.74) is 0. The maximum Gasteiger partial charge on any atom is 0.330 e. The molecule has 0 amide bonds. The van der Waals surface area contributed by atoms with Crippen LogP contribution in [0.2, 0.25) is 0 Å². The lowest BCUT2D eigenvalue weighted by Gasteiger charge is -2.06. The maximum absolute atomic E-state index is 11.2. The third kappa shape index (κ3) is 11.2. The number of ether oxygens (including phenoxy) is 4. The highest BCUT2D eigenvalue weighted by molar-refractivity contribution is 5.81. The minimum atomic E-state index is -0.626. The summed E-state index contributed by atoms with van der Waals surface area (Å²) < 4.78 is 18.6. The quantitative estimate of drug-likeness (QED) is 0.232. The van der Waals surface area contributed by atoms with E-state index in [-0.39, 0.29) is 39.3 Å². The normalized spacial score (nSPS) is 9.27. The first-order chi connectivity index (χ1) is 10.5. The Bertz CT molecular complexity index is 387. The van der Waals surface area contributed by atoms with Crippen molar-refractivity contribution in [2.45, 2.75) is 12.8 Å². The molecule has 0 aromatic heterocycles. The van der Waals surface area contributed by atoms with Crippen LogP contribution in [0.25, 0.3) is 0 Å². The van der Waals surface area contributed by atoms with Crippen molar-refractivity contribution < 1.29 is 38.1 Å². The Hall–Kier alpha value is -2.64. The molecule has 0 atom stereocenters. The van der Waals surface area contributed by atoms with Gasteiger partial charge in [-0.1, -0.05) is 13.2 Å². The van der Waals surface area contributed by atoms with Gasteiger partial charge >= 0.3 is 23.9 Å². The Morgan fingerprint density at radius 3 is 1.32 bits per heavy atom. The minimum absolute atomic E-state index is 0.106. The molecule has 0 radical (unpaired) electrons. The second-order valence-electron chi connectivity index (χ2n) is 3.68. The zero-order valence-corrected chi connectivity index (χ0v) is 12.1. The molecular formula is C14H18O8. The van der Waals surface area contributed by atoms with Crippen LogP contribution < -0.4 is 0 Å². The summed E-state index contributed by atoms with van der Waals surface area (Å²) in [7, 11) is 0. The van der Waals surface area contributed by atoms with Gasteiger partial charge in [-0.05, 0) is 0 Å². The van der Waals surface area contributed by atoms with Gasteiger partial charge in [-0.15, -0.1) is 0 Å². The SMILES string of the molecule is C=CC(=O)OCCC(=O)OCCOC(=O)CCOC(=O)C=C. The van der Waals surface area contributed by atoms with Crippen molar-refractivity contribution in [1.82, 2.24) is 0 Å². The summed E-state index contributed by atoms with van der Waals surface area (Å²) in [5, 5.41) is 0. The Kier molecular flexibility index (Phi) is 10.7. The van der Waals surface area contributed by atoms with Gasteiger partial charge in [-0.2, -0.15) is 0 Å². The molecule has 8 nitrogen and oxygen atoms in total. The molecule has 0 unspecified atom stereocenters. The van der Waals surface area contributed by atoms with Gasteiger partial charge in [0, 0.05) is 12.2 Å². The Balaban J connectivity index is 3.54.